The number of rotatable bonds is 3. The standard InChI is InChI=1S/C11H10Br2N2S/c1-7-4-8(12)5-14-11(7)15-6-9-2-3-10(13)16-9/h2-5H,6H2,1H3,(H,14,15). The average Bonchev–Trinajstić information content (AvgIpc) is 2.63. The molecule has 2 aromatic heterocycles. The summed E-state index contributed by atoms with van der Waals surface area (Å²) in [5, 5.41) is 3.33. The van der Waals surface area contributed by atoms with Crippen LogP contribution in [0.15, 0.2) is 32.7 Å². The van der Waals surface area contributed by atoms with E-state index in [1.807, 2.05) is 6.92 Å². The number of aromatic nitrogens is 1. The number of aryl methyl sites for hydroxylation is 1. The zero-order valence-corrected chi connectivity index (χ0v) is 12.6. The van der Waals surface area contributed by atoms with Crippen LogP contribution in [0.2, 0.25) is 0 Å². The van der Waals surface area contributed by atoms with E-state index in [0.29, 0.717) is 0 Å². The van der Waals surface area contributed by atoms with Gasteiger partial charge in [0, 0.05) is 15.5 Å². The van der Waals surface area contributed by atoms with Crippen molar-refractivity contribution in [2.24, 2.45) is 0 Å². The molecule has 0 atom stereocenters. The third-order valence-corrected chi connectivity index (χ3v) is 4.16. The molecule has 0 aliphatic carbocycles. The molecule has 2 rings (SSSR count). The molecule has 5 heteroatoms. The van der Waals surface area contributed by atoms with Crippen molar-refractivity contribution in [3.63, 3.8) is 0 Å². The van der Waals surface area contributed by atoms with Gasteiger partial charge >= 0.3 is 0 Å². The second-order valence-electron chi connectivity index (χ2n) is 3.38. The normalized spacial score (nSPS) is 10.4. The van der Waals surface area contributed by atoms with Crippen LogP contribution >= 0.6 is 43.2 Å². The van der Waals surface area contributed by atoms with Gasteiger partial charge in [0.25, 0.3) is 0 Å². The first-order valence-corrected chi connectivity index (χ1v) is 7.15. The van der Waals surface area contributed by atoms with Crippen LogP contribution in [0.1, 0.15) is 10.4 Å². The number of halogens is 2. The summed E-state index contributed by atoms with van der Waals surface area (Å²) < 4.78 is 2.17. The summed E-state index contributed by atoms with van der Waals surface area (Å²) in [6, 6.07) is 6.22. The van der Waals surface area contributed by atoms with E-state index in [2.05, 4.69) is 60.4 Å². The molecule has 0 saturated heterocycles. The first kappa shape index (κ1) is 12.1. The van der Waals surface area contributed by atoms with Gasteiger partial charge in [0.05, 0.1) is 10.3 Å². The summed E-state index contributed by atoms with van der Waals surface area (Å²) >= 11 is 8.59. The van der Waals surface area contributed by atoms with Crippen molar-refractivity contribution in [3.8, 4) is 0 Å². The Morgan fingerprint density at radius 3 is 2.81 bits per heavy atom. The summed E-state index contributed by atoms with van der Waals surface area (Å²) in [6.45, 7) is 2.86. The predicted molar refractivity (Wildman–Crippen MR) is 76.0 cm³/mol. The Morgan fingerprint density at radius 1 is 1.38 bits per heavy atom. The maximum Gasteiger partial charge on any atom is 0.129 e. The molecule has 16 heavy (non-hydrogen) atoms. The highest BCUT2D eigenvalue weighted by Crippen LogP contribution is 2.23. The van der Waals surface area contributed by atoms with Gasteiger partial charge < -0.3 is 5.32 Å². The number of pyridine rings is 1. The zero-order valence-electron chi connectivity index (χ0n) is 8.63. The second kappa shape index (κ2) is 5.29. The minimum absolute atomic E-state index is 0.811. The van der Waals surface area contributed by atoms with Gasteiger partial charge in [-0.05, 0) is 62.5 Å². The Balaban J connectivity index is 2.04. The number of nitrogens with one attached hydrogen (secondary N) is 1. The molecule has 0 saturated carbocycles. The molecule has 0 radical (unpaired) electrons. The Bertz CT molecular complexity index is 496. The fourth-order valence-electron chi connectivity index (χ4n) is 1.34. The van der Waals surface area contributed by atoms with Gasteiger partial charge in [0.15, 0.2) is 0 Å². The highest BCUT2D eigenvalue weighted by Gasteiger charge is 2.02. The summed E-state index contributed by atoms with van der Waals surface area (Å²) in [5.41, 5.74) is 1.14. The number of thiophene rings is 1. The van der Waals surface area contributed by atoms with Crippen LogP contribution in [-0.2, 0) is 6.54 Å². The van der Waals surface area contributed by atoms with Crippen molar-refractivity contribution in [3.05, 3.63) is 43.1 Å². The zero-order chi connectivity index (χ0) is 11.5. The van der Waals surface area contributed by atoms with Crippen LogP contribution in [-0.4, -0.2) is 4.98 Å². The van der Waals surface area contributed by atoms with Gasteiger partial charge in [0.1, 0.15) is 5.82 Å². The van der Waals surface area contributed by atoms with Crippen molar-refractivity contribution >= 4 is 49.0 Å². The quantitative estimate of drug-likeness (QED) is 0.864. The van der Waals surface area contributed by atoms with Crippen molar-refractivity contribution in [1.29, 1.82) is 0 Å². The van der Waals surface area contributed by atoms with Crippen LogP contribution in [0.5, 0.6) is 0 Å². The van der Waals surface area contributed by atoms with E-state index >= 15 is 0 Å². The molecule has 1 N–H and O–H groups in total. The van der Waals surface area contributed by atoms with Crippen molar-refractivity contribution in [2.75, 3.05) is 5.32 Å². The van der Waals surface area contributed by atoms with Crippen molar-refractivity contribution in [2.45, 2.75) is 13.5 Å². The van der Waals surface area contributed by atoms with Gasteiger partial charge in [-0.15, -0.1) is 11.3 Å². The lowest BCUT2D eigenvalue weighted by atomic mass is 10.3. The molecule has 2 heterocycles. The summed E-state index contributed by atoms with van der Waals surface area (Å²) in [7, 11) is 0. The molecule has 0 fully saturated rings. The van der Waals surface area contributed by atoms with E-state index in [-0.39, 0.29) is 0 Å². The minimum Gasteiger partial charge on any atom is -0.365 e. The van der Waals surface area contributed by atoms with E-state index < -0.39 is 0 Å². The van der Waals surface area contributed by atoms with E-state index in [0.717, 1.165) is 26.2 Å². The molecule has 84 valence electrons. The lowest BCUT2D eigenvalue weighted by Gasteiger charge is -2.07. The summed E-state index contributed by atoms with van der Waals surface area (Å²) in [6.07, 6.45) is 1.81. The third-order valence-electron chi connectivity index (χ3n) is 2.10. The van der Waals surface area contributed by atoms with Gasteiger partial charge in [-0.1, -0.05) is 0 Å². The first-order valence-electron chi connectivity index (χ1n) is 4.75. The third kappa shape index (κ3) is 3.06. The molecule has 0 aliphatic heterocycles. The Labute approximate surface area is 115 Å². The van der Waals surface area contributed by atoms with Crippen LogP contribution in [0.4, 0.5) is 5.82 Å². The lowest BCUT2D eigenvalue weighted by molar-refractivity contribution is 1.12. The van der Waals surface area contributed by atoms with Crippen LogP contribution in [0, 0.1) is 6.92 Å². The number of hydrogen-bond donors (Lipinski definition) is 1. The second-order valence-corrected chi connectivity index (χ2v) is 6.84. The lowest BCUT2D eigenvalue weighted by Crippen LogP contribution is -2.01. The smallest absolute Gasteiger partial charge is 0.129 e. The Morgan fingerprint density at radius 2 is 2.19 bits per heavy atom. The average molecular weight is 362 g/mol. The van der Waals surface area contributed by atoms with Gasteiger partial charge in [-0.2, -0.15) is 0 Å². The molecule has 2 aromatic rings. The maximum absolute atomic E-state index is 4.33. The van der Waals surface area contributed by atoms with E-state index in [9.17, 15) is 0 Å². The van der Waals surface area contributed by atoms with E-state index in [1.165, 1.54) is 4.88 Å². The molecule has 2 nitrogen and oxygen atoms in total. The van der Waals surface area contributed by atoms with E-state index in [1.54, 1.807) is 17.5 Å². The fourth-order valence-corrected chi connectivity index (χ4v) is 3.21. The molecule has 0 unspecified atom stereocenters. The Kier molecular flexibility index (Phi) is 4.00. The highest BCUT2D eigenvalue weighted by molar-refractivity contribution is 9.11. The fraction of sp³-hybridized carbons (Fsp3) is 0.182. The summed E-state index contributed by atoms with van der Waals surface area (Å²) in [4.78, 5) is 5.62. The molecule has 0 amide bonds. The van der Waals surface area contributed by atoms with E-state index in [4.69, 9.17) is 0 Å². The van der Waals surface area contributed by atoms with Crippen molar-refractivity contribution < 1.29 is 0 Å². The largest absolute Gasteiger partial charge is 0.365 e. The first-order chi connectivity index (χ1) is 7.65. The SMILES string of the molecule is Cc1cc(Br)cnc1NCc1ccc(Br)s1. The van der Waals surface area contributed by atoms with Crippen LogP contribution in [0.25, 0.3) is 0 Å². The topological polar surface area (TPSA) is 24.9 Å². The predicted octanol–water partition coefficient (Wildman–Crippen LogP) is 4.59. The number of anilines is 1. The monoisotopic (exact) mass is 360 g/mol. The van der Waals surface area contributed by atoms with Crippen LogP contribution < -0.4 is 5.32 Å². The Hall–Kier alpha value is -0.390. The van der Waals surface area contributed by atoms with Gasteiger partial charge in [0.2, 0.25) is 0 Å². The molecule has 0 spiro atoms. The molecule has 0 aromatic carbocycles. The van der Waals surface area contributed by atoms with Gasteiger partial charge in [-0.25, -0.2) is 4.98 Å². The number of hydrogen-bond acceptors (Lipinski definition) is 3. The molecular weight excluding hydrogens is 352 g/mol. The van der Waals surface area contributed by atoms with Crippen LogP contribution in [0.3, 0.4) is 0 Å². The summed E-state index contributed by atoms with van der Waals surface area (Å²) in [5.74, 6) is 0.938. The molecule has 0 aliphatic rings. The molecular formula is C11H10Br2N2S. The number of nitrogens with zero attached hydrogens (tertiary/aromatic N) is 1. The highest BCUT2D eigenvalue weighted by atomic mass is 79.9. The molecule has 0 bridgehead atoms. The minimum atomic E-state index is 0.811. The maximum atomic E-state index is 4.33. The van der Waals surface area contributed by atoms with Gasteiger partial charge in [-0.3, -0.25) is 0 Å². The van der Waals surface area contributed by atoms with Crippen molar-refractivity contribution in [1.82, 2.24) is 4.98 Å².